The maximum absolute atomic E-state index is 1.71. The molecule has 198 valence electrons. The van der Waals surface area contributed by atoms with Crippen LogP contribution in [0.3, 0.4) is 0 Å². The summed E-state index contributed by atoms with van der Waals surface area (Å²) in [5, 5.41) is 0. The largest absolute Gasteiger partial charge is 0.0496 e. The van der Waals surface area contributed by atoms with Crippen molar-refractivity contribution in [2.45, 2.75) is 135 Å². The molecule has 0 saturated heterocycles. The zero-order chi connectivity index (χ0) is 23.3. The normalized spacial score (nSPS) is 66.0. The van der Waals surface area contributed by atoms with Gasteiger partial charge in [0.1, 0.15) is 0 Å². The molecule has 0 amide bonds. The van der Waals surface area contributed by atoms with Gasteiger partial charge >= 0.3 is 0 Å². The first kappa shape index (κ1) is 21.8. The average molecular weight is 487 g/mol. The summed E-state index contributed by atoms with van der Waals surface area (Å²) in [6.07, 6.45) is 35.1. The molecule has 0 nitrogen and oxygen atoms in total. The molecular weight excluding hydrogens is 432 g/mol. The molecule has 0 heteroatoms. The van der Waals surface area contributed by atoms with Gasteiger partial charge in [-0.2, -0.15) is 0 Å². The summed E-state index contributed by atoms with van der Waals surface area (Å²) >= 11 is 0. The summed E-state index contributed by atoms with van der Waals surface area (Å²) in [5.74, 6) is 13.7. The standard InChI is InChI=1S/C36H54/c1-2-34(14-28-9-29(1)30(10-28)21-34)31-11-32(35-15-22-3-23(16-35)5-24(4-22)17-35)13-33(12-31)36-18-25-6-26(19-36)8-27(7-25)20-36/h22-33H,1-21H2. The van der Waals surface area contributed by atoms with Gasteiger partial charge in [0.2, 0.25) is 0 Å². The maximum atomic E-state index is 1.71. The van der Waals surface area contributed by atoms with Crippen molar-refractivity contribution in [3.05, 3.63) is 0 Å². The van der Waals surface area contributed by atoms with Gasteiger partial charge in [0, 0.05) is 0 Å². The molecule has 0 heterocycles. The monoisotopic (exact) mass is 486 g/mol. The van der Waals surface area contributed by atoms with E-state index in [-0.39, 0.29) is 0 Å². The summed E-state index contributed by atoms with van der Waals surface area (Å²) in [5.41, 5.74) is 2.44. The Balaban J connectivity index is 1.03. The molecule has 12 aliphatic rings. The van der Waals surface area contributed by atoms with Gasteiger partial charge in [-0.1, -0.05) is 0 Å². The van der Waals surface area contributed by atoms with E-state index in [1.165, 1.54) is 0 Å². The minimum absolute atomic E-state index is 0.808. The second-order valence-electron chi connectivity index (χ2n) is 18.5. The van der Waals surface area contributed by atoms with Crippen LogP contribution in [0.1, 0.15) is 135 Å². The molecule has 6 atom stereocenters. The Bertz CT molecular complexity index is 785. The SMILES string of the molecule is C1C2CC3CC1CC(C1CC(C45CC6CC(CC(C6)C4)C5)CC(C45CCC6CC(CC6C4)C5)C1)(C2)C3. The molecule has 11 bridgehead atoms. The molecule has 0 radical (unpaired) electrons. The van der Waals surface area contributed by atoms with E-state index in [4.69, 9.17) is 0 Å². The van der Waals surface area contributed by atoms with Gasteiger partial charge < -0.3 is 0 Å². The Morgan fingerprint density at radius 1 is 0.306 bits per heavy atom. The molecule has 0 aliphatic heterocycles. The van der Waals surface area contributed by atoms with Crippen molar-refractivity contribution in [3.63, 3.8) is 0 Å². The minimum Gasteiger partial charge on any atom is -0.0496 e. The lowest BCUT2D eigenvalue weighted by atomic mass is 9.39. The van der Waals surface area contributed by atoms with Gasteiger partial charge in [0.15, 0.2) is 0 Å². The second kappa shape index (κ2) is 7.19. The predicted octanol–water partition coefficient (Wildman–Crippen LogP) is 9.67. The van der Waals surface area contributed by atoms with Crippen LogP contribution < -0.4 is 0 Å². The minimum atomic E-state index is 0.808. The second-order valence-corrected chi connectivity index (χ2v) is 18.5. The van der Waals surface area contributed by atoms with Crippen molar-refractivity contribution < 1.29 is 0 Å². The molecular formula is C36H54. The number of hydrogen-bond donors (Lipinski definition) is 0. The van der Waals surface area contributed by atoms with E-state index < -0.39 is 0 Å². The third kappa shape index (κ3) is 2.95. The van der Waals surface area contributed by atoms with Crippen molar-refractivity contribution in [1.82, 2.24) is 0 Å². The highest BCUT2D eigenvalue weighted by Gasteiger charge is 2.62. The van der Waals surface area contributed by atoms with E-state index in [1.54, 1.807) is 135 Å². The summed E-state index contributed by atoms with van der Waals surface area (Å²) in [4.78, 5) is 0. The van der Waals surface area contributed by atoms with Crippen LogP contribution in [0.25, 0.3) is 0 Å². The Morgan fingerprint density at radius 2 is 0.667 bits per heavy atom. The fourth-order valence-corrected chi connectivity index (χ4v) is 16.7. The lowest BCUT2D eigenvalue weighted by Gasteiger charge is -2.66. The molecule has 0 N–H and O–H groups in total. The summed E-state index contributed by atoms with van der Waals surface area (Å²) in [6.45, 7) is 0. The van der Waals surface area contributed by atoms with Crippen LogP contribution in [-0.2, 0) is 0 Å². The van der Waals surface area contributed by atoms with Gasteiger partial charge in [-0.05, 0) is 222 Å². The van der Waals surface area contributed by atoms with Crippen molar-refractivity contribution in [1.29, 1.82) is 0 Å². The first-order valence-electron chi connectivity index (χ1n) is 17.5. The Morgan fingerprint density at radius 3 is 1.14 bits per heavy atom. The Hall–Kier alpha value is 0. The van der Waals surface area contributed by atoms with Crippen LogP contribution in [0, 0.1) is 87.3 Å². The predicted molar refractivity (Wildman–Crippen MR) is 146 cm³/mol. The smallest absolute Gasteiger partial charge is 0.0261 e. The highest BCUT2D eigenvalue weighted by atomic mass is 14.7. The maximum Gasteiger partial charge on any atom is -0.0261 e. The molecule has 12 aliphatic carbocycles. The van der Waals surface area contributed by atoms with Crippen LogP contribution >= 0.6 is 0 Å². The van der Waals surface area contributed by atoms with Crippen molar-refractivity contribution in [3.8, 4) is 0 Å². The van der Waals surface area contributed by atoms with E-state index in [0.29, 0.717) is 0 Å². The first-order valence-corrected chi connectivity index (χ1v) is 17.5. The number of fused-ring (bicyclic) bond motifs is 2. The van der Waals surface area contributed by atoms with E-state index >= 15 is 0 Å². The van der Waals surface area contributed by atoms with Crippen LogP contribution in [0.2, 0.25) is 0 Å². The lowest BCUT2D eigenvalue weighted by Crippen LogP contribution is -2.56. The fourth-order valence-electron chi connectivity index (χ4n) is 16.7. The molecule has 0 aromatic carbocycles. The highest BCUT2D eigenvalue weighted by molar-refractivity contribution is 5.12. The summed E-state index contributed by atoms with van der Waals surface area (Å²) < 4.78 is 0. The lowest BCUT2D eigenvalue weighted by molar-refractivity contribution is -0.155. The van der Waals surface area contributed by atoms with Crippen LogP contribution in [0.15, 0.2) is 0 Å². The van der Waals surface area contributed by atoms with Crippen LogP contribution in [0.4, 0.5) is 0 Å². The molecule has 6 unspecified atom stereocenters. The molecule has 0 aromatic rings. The summed E-state index contributed by atoms with van der Waals surface area (Å²) in [6, 6.07) is 0. The van der Waals surface area contributed by atoms with Crippen molar-refractivity contribution >= 4 is 0 Å². The molecule has 0 aromatic heterocycles. The van der Waals surface area contributed by atoms with Crippen LogP contribution in [-0.4, -0.2) is 0 Å². The quantitative estimate of drug-likeness (QED) is 0.372. The number of rotatable bonds is 3. The third-order valence-electron chi connectivity index (χ3n) is 16.8. The van der Waals surface area contributed by atoms with Gasteiger partial charge in [-0.15, -0.1) is 0 Å². The molecule has 12 fully saturated rings. The third-order valence-corrected chi connectivity index (χ3v) is 16.8. The zero-order valence-corrected chi connectivity index (χ0v) is 23.3. The van der Waals surface area contributed by atoms with Crippen LogP contribution in [0.5, 0.6) is 0 Å². The zero-order valence-electron chi connectivity index (χ0n) is 23.3. The van der Waals surface area contributed by atoms with Crippen molar-refractivity contribution in [2.75, 3.05) is 0 Å². The highest BCUT2D eigenvalue weighted by Crippen LogP contribution is 2.72. The van der Waals surface area contributed by atoms with Gasteiger partial charge in [0.05, 0.1) is 0 Å². The topological polar surface area (TPSA) is 0 Å². The van der Waals surface area contributed by atoms with E-state index in [2.05, 4.69) is 0 Å². The Labute approximate surface area is 221 Å². The molecule has 36 heavy (non-hydrogen) atoms. The molecule has 12 saturated carbocycles. The van der Waals surface area contributed by atoms with Crippen molar-refractivity contribution in [2.24, 2.45) is 87.3 Å². The van der Waals surface area contributed by atoms with E-state index in [9.17, 15) is 0 Å². The molecule has 0 spiro atoms. The Kier molecular flexibility index (Phi) is 4.35. The number of hydrogen-bond acceptors (Lipinski definition) is 0. The van der Waals surface area contributed by atoms with Gasteiger partial charge in [-0.3, -0.25) is 0 Å². The molecule has 12 rings (SSSR count). The van der Waals surface area contributed by atoms with Gasteiger partial charge in [0.25, 0.3) is 0 Å². The van der Waals surface area contributed by atoms with Gasteiger partial charge in [-0.25, -0.2) is 0 Å². The fraction of sp³-hybridized carbons (Fsp3) is 1.00. The van der Waals surface area contributed by atoms with E-state index in [0.717, 1.165) is 87.3 Å². The summed E-state index contributed by atoms with van der Waals surface area (Å²) in [7, 11) is 0. The van der Waals surface area contributed by atoms with E-state index in [1.807, 2.05) is 0 Å². The first-order chi connectivity index (χ1) is 17.5. The average Bonchev–Trinajstić information content (AvgIpc) is 3.05.